The first-order chi connectivity index (χ1) is 12.4. The number of halogens is 2. The van der Waals surface area contributed by atoms with Crippen molar-refractivity contribution >= 4 is 23.8 Å². The summed E-state index contributed by atoms with van der Waals surface area (Å²) < 4.78 is 0. The molecule has 28 heavy (non-hydrogen) atoms. The molecule has 0 saturated heterocycles. The Kier molecular flexibility index (Phi) is 14.6. The standard InChI is InChI=1S/C18H15P.C5H5N.2ClH.Pd/c1-4-10-16(11-5-1)19(17-12-6-2-7-13-17)18-14-8-3-9-15-18;1-2-4-6-5-3-1;;;/h1-15H;1-5H;2*1H;/q;;;;+2/p-2. The van der Waals surface area contributed by atoms with E-state index < -0.39 is 7.92 Å². The van der Waals surface area contributed by atoms with E-state index in [9.17, 15) is 0 Å². The minimum atomic E-state index is -0.446. The Hall–Kier alpha value is -1.52. The molecule has 1 heterocycles. The normalized spacial score (nSPS) is 8.89. The molecule has 0 bridgehead atoms. The first-order valence-corrected chi connectivity index (χ1v) is 9.59. The predicted octanol–water partition coefficient (Wildman–Crippen LogP) is -1.47. The van der Waals surface area contributed by atoms with Crippen LogP contribution < -0.4 is 40.7 Å². The van der Waals surface area contributed by atoms with Crippen LogP contribution in [-0.4, -0.2) is 4.98 Å². The smallest absolute Gasteiger partial charge is 1.00 e. The molecule has 0 saturated carbocycles. The molecular formula is C23H20Cl2NPPd. The fraction of sp³-hybridized carbons (Fsp3) is 0. The molecule has 0 radical (unpaired) electrons. The summed E-state index contributed by atoms with van der Waals surface area (Å²) in [6.45, 7) is 0. The zero-order valence-electron chi connectivity index (χ0n) is 15.0. The minimum Gasteiger partial charge on any atom is -1.00 e. The van der Waals surface area contributed by atoms with Crippen molar-refractivity contribution in [3.8, 4) is 0 Å². The average molecular weight is 519 g/mol. The molecule has 0 fully saturated rings. The Balaban J connectivity index is 0.000000704. The maximum Gasteiger partial charge on any atom is 2.00 e. The van der Waals surface area contributed by atoms with E-state index in [0.717, 1.165) is 0 Å². The van der Waals surface area contributed by atoms with Crippen molar-refractivity contribution in [1.82, 2.24) is 4.98 Å². The van der Waals surface area contributed by atoms with Crippen molar-refractivity contribution in [1.29, 1.82) is 0 Å². The van der Waals surface area contributed by atoms with Gasteiger partial charge in [0, 0.05) is 12.4 Å². The van der Waals surface area contributed by atoms with Gasteiger partial charge in [-0.05, 0) is 36.0 Å². The molecule has 4 rings (SSSR count). The van der Waals surface area contributed by atoms with Crippen molar-refractivity contribution in [2.24, 2.45) is 0 Å². The summed E-state index contributed by atoms with van der Waals surface area (Å²) in [5.41, 5.74) is 0. The van der Waals surface area contributed by atoms with Gasteiger partial charge >= 0.3 is 20.4 Å². The largest absolute Gasteiger partial charge is 2.00 e. The summed E-state index contributed by atoms with van der Waals surface area (Å²) in [4.78, 5) is 3.78. The molecule has 0 spiro atoms. The van der Waals surface area contributed by atoms with Crippen LogP contribution in [0, 0.1) is 0 Å². The SMILES string of the molecule is [Cl-].[Cl-].[Pd+2].c1ccc(P(c2ccccc2)c2ccccc2)cc1.c1ccncc1. The van der Waals surface area contributed by atoms with Crippen molar-refractivity contribution in [3.05, 3.63) is 122 Å². The second kappa shape index (κ2) is 15.4. The molecule has 0 atom stereocenters. The summed E-state index contributed by atoms with van der Waals surface area (Å²) in [6, 6.07) is 38.0. The Morgan fingerprint density at radius 2 is 0.714 bits per heavy atom. The second-order valence-corrected chi connectivity index (χ2v) is 7.59. The van der Waals surface area contributed by atoms with Gasteiger partial charge in [-0.2, -0.15) is 0 Å². The summed E-state index contributed by atoms with van der Waals surface area (Å²) in [7, 11) is -0.446. The Labute approximate surface area is 194 Å². The van der Waals surface area contributed by atoms with Gasteiger partial charge in [0.05, 0.1) is 0 Å². The van der Waals surface area contributed by atoms with Gasteiger partial charge in [-0.3, -0.25) is 4.98 Å². The molecule has 0 aliphatic heterocycles. The number of benzene rings is 3. The van der Waals surface area contributed by atoms with E-state index in [1.54, 1.807) is 12.4 Å². The van der Waals surface area contributed by atoms with E-state index >= 15 is 0 Å². The maximum atomic E-state index is 3.78. The quantitative estimate of drug-likeness (QED) is 0.239. The molecule has 0 N–H and O–H groups in total. The first-order valence-electron chi connectivity index (χ1n) is 8.25. The van der Waals surface area contributed by atoms with Crippen LogP contribution in [0.1, 0.15) is 0 Å². The molecule has 0 aliphatic carbocycles. The summed E-state index contributed by atoms with van der Waals surface area (Å²) >= 11 is 0. The van der Waals surface area contributed by atoms with Crippen LogP contribution in [-0.2, 0) is 20.4 Å². The topological polar surface area (TPSA) is 12.9 Å². The third kappa shape index (κ3) is 8.24. The predicted molar refractivity (Wildman–Crippen MR) is 109 cm³/mol. The number of aromatic nitrogens is 1. The van der Waals surface area contributed by atoms with Gasteiger partial charge in [-0.1, -0.05) is 97.1 Å². The molecule has 4 aromatic rings. The summed E-state index contributed by atoms with van der Waals surface area (Å²) in [5.74, 6) is 0. The molecule has 0 aliphatic rings. The van der Waals surface area contributed by atoms with Crippen LogP contribution in [0.3, 0.4) is 0 Å². The van der Waals surface area contributed by atoms with Crippen molar-refractivity contribution < 1.29 is 45.2 Å². The van der Waals surface area contributed by atoms with Crippen LogP contribution in [0.15, 0.2) is 122 Å². The van der Waals surface area contributed by atoms with Gasteiger partial charge in [0.15, 0.2) is 0 Å². The molecule has 146 valence electrons. The van der Waals surface area contributed by atoms with Crippen LogP contribution in [0.4, 0.5) is 0 Å². The Bertz CT molecular complexity index is 730. The van der Waals surface area contributed by atoms with Gasteiger partial charge in [-0.15, -0.1) is 0 Å². The third-order valence-electron chi connectivity index (χ3n) is 3.61. The first kappa shape index (κ1) is 26.5. The van der Waals surface area contributed by atoms with Gasteiger partial charge in [-0.25, -0.2) is 0 Å². The maximum absolute atomic E-state index is 3.78. The Morgan fingerprint density at radius 3 is 0.929 bits per heavy atom. The second-order valence-electron chi connectivity index (χ2n) is 5.37. The fourth-order valence-corrected chi connectivity index (χ4v) is 4.80. The van der Waals surface area contributed by atoms with Gasteiger partial charge in [0.1, 0.15) is 0 Å². The zero-order valence-corrected chi connectivity index (χ0v) is 19.0. The number of hydrogen-bond acceptors (Lipinski definition) is 1. The van der Waals surface area contributed by atoms with E-state index in [0.29, 0.717) is 0 Å². The third-order valence-corrected chi connectivity index (χ3v) is 6.05. The van der Waals surface area contributed by atoms with E-state index in [-0.39, 0.29) is 45.2 Å². The van der Waals surface area contributed by atoms with Crippen molar-refractivity contribution in [2.75, 3.05) is 0 Å². The molecule has 0 amide bonds. The van der Waals surface area contributed by atoms with Crippen molar-refractivity contribution in [3.63, 3.8) is 0 Å². The summed E-state index contributed by atoms with van der Waals surface area (Å²) in [6.07, 6.45) is 3.50. The van der Waals surface area contributed by atoms with Crippen LogP contribution >= 0.6 is 7.92 Å². The van der Waals surface area contributed by atoms with Crippen molar-refractivity contribution in [2.45, 2.75) is 0 Å². The molecule has 5 heteroatoms. The fourth-order valence-electron chi connectivity index (χ4n) is 2.49. The van der Waals surface area contributed by atoms with Gasteiger partial charge in [0.2, 0.25) is 0 Å². The van der Waals surface area contributed by atoms with Crippen LogP contribution in [0.5, 0.6) is 0 Å². The number of nitrogens with zero attached hydrogens (tertiary/aromatic N) is 1. The average Bonchev–Trinajstić information content (AvgIpc) is 2.72. The summed E-state index contributed by atoms with van der Waals surface area (Å²) in [5, 5.41) is 4.19. The molecule has 0 unspecified atom stereocenters. The minimum absolute atomic E-state index is 0. The van der Waals surface area contributed by atoms with E-state index in [1.165, 1.54) is 15.9 Å². The molecule has 3 aromatic carbocycles. The van der Waals surface area contributed by atoms with Crippen LogP contribution in [0.25, 0.3) is 0 Å². The van der Waals surface area contributed by atoms with Gasteiger partial charge < -0.3 is 24.8 Å². The number of pyridine rings is 1. The van der Waals surface area contributed by atoms with E-state index in [4.69, 9.17) is 0 Å². The number of rotatable bonds is 3. The van der Waals surface area contributed by atoms with Crippen LogP contribution in [0.2, 0.25) is 0 Å². The molecule has 1 nitrogen and oxygen atoms in total. The Morgan fingerprint density at radius 1 is 0.429 bits per heavy atom. The molecular weight excluding hydrogens is 499 g/mol. The number of hydrogen-bond donors (Lipinski definition) is 0. The molecule has 1 aromatic heterocycles. The monoisotopic (exact) mass is 517 g/mol. The van der Waals surface area contributed by atoms with E-state index in [2.05, 4.69) is 96.0 Å². The van der Waals surface area contributed by atoms with Gasteiger partial charge in [0.25, 0.3) is 0 Å². The zero-order chi connectivity index (χ0) is 17.2. The van der Waals surface area contributed by atoms with E-state index in [1.807, 2.05) is 18.2 Å².